The number of aromatic nitrogens is 3. The second-order valence-corrected chi connectivity index (χ2v) is 4.58. The Bertz CT molecular complexity index is 524. The van der Waals surface area contributed by atoms with Gasteiger partial charge in [-0.1, -0.05) is 6.92 Å². The Hall–Kier alpha value is -1.88. The summed E-state index contributed by atoms with van der Waals surface area (Å²) in [7, 11) is 3.74. The smallest absolute Gasteiger partial charge is 0.213 e. The van der Waals surface area contributed by atoms with Gasteiger partial charge in [0.1, 0.15) is 0 Å². The van der Waals surface area contributed by atoms with Gasteiger partial charge in [-0.25, -0.2) is 4.98 Å². The molecule has 5 heteroatoms. The van der Waals surface area contributed by atoms with Gasteiger partial charge in [-0.15, -0.1) is 0 Å². The van der Waals surface area contributed by atoms with Crippen molar-refractivity contribution >= 4 is 0 Å². The molecule has 0 aliphatic rings. The first-order valence-corrected chi connectivity index (χ1v) is 6.46. The van der Waals surface area contributed by atoms with E-state index in [9.17, 15) is 0 Å². The van der Waals surface area contributed by atoms with Crippen LogP contribution in [0.5, 0.6) is 5.88 Å². The van der Waals surface area contributed by atoms with Crippen molar-refractivity contribution in [2.75, 3.05) is 20.7 Å². The van der Waals surface area contributed by atoms with Gasteiger partial charge in [-0.2, -0.15) is 5.10 Å². The van der Waals surface area contributed by atoms with Crippen LogP contribution in [0.15, 0.2) is 24.5 Å². The second kappa shape index (κ2) is 6.33. The van der Waals surface area contributed by atoms with Gasteiger partial charge < -0.3 is 9.64 Å². The normalized spacial score (nSPS) is 10.9. The van der Waals surface area contributed by atoms with Crippen molar-refractivity contribution in [1.82, 2.24) is 20.1 Å². The third-order valence-corrected chi connectivity index (χ3v) is 2.98. The van der Waals surface area contributed by atoms with Crippen LogP contribution in [0.3, 0.4) is 0 Å². The fraction of sp³-hybridized carbons (Fsp3) is 0.429. The van der Waals surface area contributed by atoms with E-state index in [1.807, 2.05) is 18.3 Å². The largest absolute Gasteiger partial charge is 0.481 e. The van der Waals surface area contributed by atoms with Gasteiger partial charge >= 0.3 is 0 Å². The van der Waals surface area contributed by atoms with Gasteiger partial charge in [0.05, 0.1) is 12.8 Å². The van der Waals surface area contributed by atoms with Gasteiger partial charge in [0.15, 0.2) is 0 Å². The Morgan fingerprint density at radius 1 is 1.42 bits per heavy atom. The van der Waals surface area contributed by atoms with Crippen LogP contribution < -0.4 is 4.74 Å². The van der Waals surface area contributed by atoms with Crippen molar-refractivity contribution in [1.29, 1.82) is 0 Å². The maximum Gasteiger partial charge on any atom is 0.213 e. The third kappa shape index (κ3) is 3.32. The molecular formula is C14H20N4O. The maximum atomic E-state index is 5.15. The molecule has 0 aromatic carbocycles. The Kier molecular flexibility index (Phi) is 4.52. The van der Waals surface area contributed by atoms with Crippen LogP contribution in [0.2, 0.25) is 0 Å². The summed E-state index contributed by atoms with van der Waals surface area (Å²) in [6.45, 7) is 4.13. The standard InChI is InChI=1S/C14H20N4O/c1-4-7-18(2)10-12-9-16-17-14(12)11-5-6-15-13(8-11)19-3/h5-6,8-9H,4,7,10H2,1-3H3,(H,16,17). The lowest BCUT2D eigenvalue weighted by atomic mass is 10.1. The molecule has 0 saturated carbocycles. The molecule has 2 heterocycles. The molecular weight excluding hydrogens is 240 g/mol. The average Bonchev–Trinajstić information content (AvgIpc) is 2.87. The predicted molar refractivity (Wildman–Crippen MR) is 75.0 cm³/mol. The lowest BCUT2D eigenvalue weighted by Crippen LogP contribution is -2.18. The van der Waals surface area contributed by atoms with Crippen LogP contribution in [-0.4, -0.2) is 40.8 Å². The molecule has 1 N–H and O–H groups in total. The molecule has 0 amide bonds. The first kappa shape index (κ1) is 13.5. The first-order chi connectivity index (χ1) is 9.24. The summed E-state index contributed by atoms with van der Waals surface area (Å²) in [6, 6.07) is 3.85. The quantitative estimate of drug-likeness (QED) is 0.866. The van der Waals surface area contributed by atoms with E-state index in [0.29, 0.717) is 5.88 Å². The van der Waals surface area contributed by atoms with Gasteiger partial charge in [0.25, 0.3) is 0 Å². The molecule has 0 radical (unpaired) electrons. The number of ether oxygens (including phenoxy) is 1. The lowest BCUT2D eigenvalue weighted by molar-refractivity contribution is 0.328. The zero-order valence-electron chi connectivity index (χ0n) is 11.7. The Labute approximate surface area is 113 Å². The van der Waals surface area contributed by atoms with Crippen LogP contribution in [0.4, 0.5) is 0 Å². The third-order valence-electron chi connectivity index (χ3n) is 2.98. The van der Waals surface area contributed by atoms with Gasteiger partial charge in [-0.05, 0) is 26.1 Å². The van der Waals surface area contributed by atoms with Crippen LogP contribution in [0.25, 0.3) is 11.3 Å². The summed E-state index contributed by atoms with van der Waals surface area (Å²) in [4.78, 5) is 6.40. The number of pyridine rings is 1. The highest BCUT2D eigenvalue weighted by Crippen LogP contribution is 2.24. The summed E-state index contributed by atoms with van der Waals surface area (Å²) in [5, 5.41) is 7.28. The van der Waals surface area contributed by atoms with Gasteiger partial charge in [0, 0.05) is 36.1 Å². The fourth-order valence-electron chi connectivity index (χ4n) is 2.11. The Balaban J connectivity index is 2.23. The number of hydrogen-bond acceptors (Lipinski definition) is 4. The summed E-state index contributed by atoms with van der Waals surface area (Å²) in [5.41, 5.74) is 3.17. The number of hydrogen-bond donors (Lipinski definition) is 1. The van der Waals surface area contributed by atoms with Crippen molar-refractivity contribution in [3.8, 4) is 17.1 Å². The second-order valence-electron chi connectivity index (χ2n) is 4.58. The van der Waals surface area contributed by atoms with E-state index in [-0.39, 0.29) is 0 Å². The molecule has 2 rings (SSSR count). The van der Waals surface area contributed by atoms with E-state index in [1.165, 1.54) is 5.56 Å². The minimum Gasteiger partial charge on any atom is -0.481 e. The maximum absolute atomic E-state index is 5.15. The summed E-state index contributed by atoms with van der Waals surface area (Å²) in [6.07, 6.45) is 4.84. The minimum atomic E-state index is 0.605. The highest BCUT2D eigenvalue weighted by Gasteiger charge is 2.11. The van der Waals surface area contributed by atoms with E-state index in [4.69, 9.17) is 4.74 Å². The number of H-pyrrole nitrogens is 1. The van der Waals surface area contributed by atoms with E-state index < -0.39 is 0 Å². The number of methoxy groups -OCH3 is 1. The summed E-state index contributed by atoms with van der Waals surface area (Å²) >= 11 is 0. The minimum absolute atomic E-state index is 0.605. The number of rotatable bonds is 6. The van der Waals surface area contributed by atoms with Crippen LogP contribution in [-0.2, 0) is 6.54 Å². The molecule has 2 aromatic heterocycles. The monoisotopic (exact) mass is 260 g/mol. The predicted octanol–water partition coefficient (Wildman–Crippen LogP) is 2.32. The van der Waals surface area contributed by atoms with Crippen molar-refractivity contribution in [3.63, 3.8) is 0 Å². The van der Waals surface area contributed by atoms with Gasteiger partial charge in [0.2, 0.25) is 5.88 Å². The zero-order valence-corrected chi connectivity index (χ0v) is 11.7. The molecule has 19 heavy (non-hydrogen) atoms. The molecule has 0 fully saturated rings. The molecule has 0 aliphatic carbocycles. The highest BCUT2D eigenvalue weighted by atomic mass is 16.5. The van der Waals surface area contributed by atoms with Crippen molar-refractivity contribution in [2.24, 2.45) is 0 Å². The number of aromatic amines is 1. The highest BCUT2D eigenvalue weighted by molar-refractivity contribution is 5.63. The summed E-state index contributed by atoms with van der Waals surface area (Å²) in [5.74, 6) is 0.605. The Morgan fingerprint density at radius 3 is 3.00 bits per heavy atom. The van der Waals surface area contributed by atoms with Crippen LogP contribution >= 0.6 is 0 Å². The van der Waals surface area contributed by atoms with Crippen molar-refractivity contribution in [2.45, 2.75) is 19.9 Å². The molecule has 0 atom stereocenters. The molecule has 0 spiro atoms. The van der Waals surface area contributed by atoms with Gasteiger partial charge in [-0.3, -0.25) is 5.10 Å². The van der Waals surface area contributed by atoms with E-state index >= 15 is 0 Å². The van der Waals surface area contributed by atoms with Crippen LogP contribution in [0, 0.1) is 0 Å². The molecule has 102 valence electrons. The Morgan fingerprint density at radius 2 is 2.26 bits per heavy atom. The van der Waals surface area contributed by atoms with E-state index in [0.717, 1.165) is 30.8 Å². The molecule has 0 bridgehead atoms. The molecule has 5 nitrogen and oxygen atoms in total. The van der Waals surface area contributed by atoms with Crippen molar-refractivity contribution in [3.05, 3.63) is 30.1 Å². The number of nitrogens with one attached hydrogen (secondary N) is 1. The van der Waals surface area contributed by atoms with E-state index in [2.05, 4.69) is 34.1 Å². The zero-order chi connectivity index (χ0) is 13.7. The molecule has 2 aromatic rings. The average molecular weight is 260 g/mol. The molecule has 0 unspecified atom stereocenters. The van der Waals surface area contributed by atoms with Crippen LogP contribution in [0.1, 0.15) is 18.9 Å². The first-order valence-electron chi connectivity index (χ1n) is 6.46. The number of nitrogens with zero attached hydrogens (tertiary/aromatic N) is 3. The summed E-state index contributed by atoms with van der Waals surface area (Å²) < 4.78 is 5.15. The topological polar surface area (TPSA) is 54.0 Å². The lowest BCUT2D eigenvalue weighted by Gasteiger charge is -2.15. The SMILES string of the molecule is CCCN(C)Cc1c[nH]nc1-c1ccnc(OC)c1. The molecule has 0 saturated heterocycles. The molecule has 0 aliphatic heterocycles. The van der Waals surface area contributed by atoms with Crippen molar-refractivity contribution < 1.29 is 4.74 Å². The fourth-order valence-corrected chi connectivity index (χ4v) is 2.11. The van der Waals surface area contributed by atoms with E-state index in [1.54, 1.807) is 13.3 Å².